The lowest BCUT2D eigenvalue weighted by Crippen LogP contribution is -2.56. The fourth-order valence-corrected chi connectivity index (χ4v) is 5.84. The van der Waals surface area contributed by atoms with Gasteiger partial charge in [0.15, 0.2) is 0 Å². The zero-order valence-electron chi connectivity index (χ0n) is 18.5. The van der Waals surface area contributed by atoms with Gasteiger partial charge in [0.2, 0.25) is 0 Å². The molecular weight excluding hydrogens is 465 g/mol. The fraction of sp³-hybridized carbons (Fsp3) is 0.458. The molecule has 1 N–H and O–H groups in total. The van der Waals surface area contributed by atoms with Crippen molar-refractivity contribution >= 4 is 40.8 Å². The average molecular weight is 492 g/mol. The number of likely N-dealkylation sites (tertiary alicyclic amines) is 1. The summed E-state index contributed by atoms with van der Waals surface area (Å²) in [5, 5.41) is 4.94. The number of thiophene rings is 1. The predicted molar refractivity (Wildman–Crippen MR) is 126 cm³/mol. The van der Waals surface area contributed by atoms with Crippen LogP contribution in [0.2, 0.25) is 5.02 Å². The lowest BCUT2D eigenvalue weighted by atomic mass is 9.74. The second kappa shape index (κ2) is 9.81. The van der Waals surface area contributed by atoms with Crippen LogP contribution >= 0.6 is 22.9 Å². The number of urea groups is 1. The molecule has 0 spiro atoms. The van der Waals surface area contributed by atoms with Crippen LogP contribution in [0.3, 0.4) is 0 Å². The summed E-state index contributed by atoms with van der Waals surface area (Å²) in [6.45, 7) is 3.29. The van der Waals surface area contributed by atoms with Gasteiger partial charge in [-0.25, -0.2) is 9.18 Å². The van der Waals surface area contributed by atoms with Crippen LogP contribution in [-0.2, 0) is 11.2 Å². The number of carbonyl (C=O) groups excluding carboxylic acids is 3. The molecule has 1 aromatic carbocycles. The summed E-state index contributed by atoms with van der Waals surface area (Å²) in [4.78, 5) is 43.3. The summed E-state index contributed by atoms with van der Waals surface area (Å²) in [5.74, 6) is -0.978. The third-order valence-corrected chi connectivity index (χ3v) is 7.88. The number of hydrogen-bond acceptors (Lipinski definition) is 4. The first kappa shape index (κ1) is 23.7. The highest BCUT2D eigenvalue weighted by Crippen LogP contribution is 2.37. The average Bonchev–Trinajstić information content (AvgIpc) is 3.41. The number of rotatable bonds is 7. The van der Waals surface area contributed by atoms with E-state index in [2.05, 4.69) is 5.32 Å². The highest BCUT2D eigenvalue weighted by atomic mass is 35.5. The molecule has 0 unspecified atom stereocenters. The molecule has 0 radical (unpaired) electrons. The minimum absolute atomic E-state index is 0.0542. The predicted octanol–water partition coefficient (Wildman–Crippen LogP) is 4.73. The minimum atomic E-state index is -0.921. The van der Waals surface area contributed by atoms with E-state index in [-0.39, 0.29) is 28.8 Å². The molecule has 2 saturated heterocycles. The molecule has 0 aliphatic carbocycles. The Morgan fingerprint density at radius 2 is 2.03 bits per heavy atom. The number of halogens is 2. The van der Waals surface area contributed by atoms with Crippen LogP contribution in [0.15, 0.2) is 35.7 Å². The maximum atomic E-state index is 13.5. The van der Waals surface area contributed by atoms with Gasteiger partial charge in [-0.05, 0) is 61.2 Å². The number of nitrogens with zero attached hydrogens (tertiary/aromatic N) is 2. The smallest absolute Gasteiger partial charge is 0.325 e. The zero-order chi connectivity index (χ0) is 23.6. The Bertz CT molecular complexity index is 1040. The normalized spacial score (nSPS) is 21.5. The Hall–Kier alpha value is -2.45. The molecule has 33 heavy (non-hydrogen) atoms. The van der Waals surface area contributed by atoms with E-state index in [9.17, 15) is 18.8 Å². The molecule has 2 aliphatic heterocycles. The number of amides is 4. The van der Waals surface area contributed by atoms with E-state index in [0.717, 1.165) is 11.3 Å². The topological polar surface area (TPSA) is 69.7 Å². The number of carbonyl (C=O) groups is 3. The summed E-state index contributed by atoms with van der Waals surface area (Å²) in [5.41, 5.74) is -0.580. The number of nitrogens with one attached hydrogen (secondary N) is 1. The van der Waals surface area contributed by atoms with Crippen molar-refractivity contribution in [1.29, 1.82) is 0 Å². The first-order chi connectivity index (χ1) is 15.9. The van der Waals surface area contributed by atoms with Crippen molar-refractivity contribution in [2.45, 2.75) is 44.6 Å². The number of piperidine rings is 1. The van der Waals surface area contributed by atoms with Crippen molar-refractivity contribution < 1.29 is 18.8 Å². The van der Waals surface area contributed by atoms with E-state index in [4.69, 9.17) is 11.6 Å². The van der Waals surface area contributed by atoms with Crippen molar-refractivity contribution in [3.8, 4) is 0 Å². The third kappa shape index (κ3) is 4.64. The van der Waals surface area contributed by atoms with E-state index in [0.29, 0.717) is 50.9 Å². The molecule has 1 atom stereocenters. The van der Waals surface area contributed by atoms with Gasteiger partial charge in [0.1, 0.15) is 11.4 Å². The maximum Gasteiger partial charge on any atom is 0.325 e. The largest absolute Gasteiger partial charge is 0.339 e. The SMILES string of the molecule is CCC[C@@]1(C2CCN(C(=O)c3ccc(F)c(Cl)c3)CC2)NC(=O)N(CCc2cccs2)C1=O. The molecule has 2 fully saturated rings. The lowest BCUT2D eigenvalue weighted by molar-refractivity contribution is -0.134. The molecule has 3 heterocycles. The second-order valence-electron chi connectivity index (χ2n) is 8.63. The van der Waals surface area contributed by atoms with Crippen LogP contribution in [0, 0.1) is 11.7 Å². The number of imide groups is 1. The van der Waals surface area contributed by atoms with E-state index < -0.39 is 11.4 Å². The van der Waals surface area contributed by atoms with Gasteiger partial charge in [-0.2, -0.15) is 0 Å². The van der Waals surface area contributed by atoms with Gasteiger partial charge >= 0.3 is 6.03 Å². The van der Waals surface area contributed by atoms with Gasteiger partial charge in [0, 0.05) is 30.1 Å². The summed E-state index contributed by atoms with van der Waals surface area (Å²) in [7, 11) is 0. The minimum Gasteiger partial charge on any atom is -0.339 e. The van der Waals surface area contributed by atoms with Crippen molar-refractivity contribution in [2.75, 3.05) is 19.6 Å². The van der Waals surface area contributed by atoms with Gasteiger partial charge in [0.25, 0.3) is 11.8 Å². The highest BCUT2D eigenvalue weighted by Gasteiger charge is 2.55. The molecule has 0 saturated carbocycles. The second-order valence-corrected chi connectivity index (χ2v) is 10.1. The number of hydrogen-bond donors (Lipinski definition) is 1. The fourth-order valence-electron chi connectivity index (χ4n) is 4.96. The molecule has 6 nitrogen and oxygen atoms in total. The van der Waals surface area contributed by atoms with Gasteiger partial charge < -0.3 is 10.2 Å². The van der Waals surface area contributed by atoms with Gasteiger partial charge in [-0.15, -0.1) is 11.3 Å². The summed E-state index contributed by atoms with van der Waals surface area (Å²) in [6.07, 6.45) is 3.18. The molecule has 176 valence electrons. The van der Waals surface area contributed by atoms with Crippen molar-refractivity contribution in [3.05, 3.63) is 57.0 Å². The van der Waals surface area contributed by atoms with Crippen molar-refractivity contribution in [2.24, 2.45) is 5.92 Å². The standard InChI is InChI=1S/C24H27ClFN3O3S/c1-2-10-24(22(31)29(23(32)27-24)13-9-18-4-3-14-33-18)17-7-11-28(12-8-17)21(30)16-5-6-20(26)19(25)15-16/h3-6,14-15,17H,2,7-13H2,1H3,(H,27,32)/t24-/m0/s1. The van der Waals surface area contributed by atoms with Gasteiger partial charge in [0.05, 0.1) is 5.02 Å². The first-order valence-electron chi connectivity index (χ1n) is 11.3. The van der Waals surface area contributed by atoms with Crippen LogP contribution < -0.4 is 5.32 Å². The van der Waals surface area contributed by atoms with E-state index in [1.165, 1.54) is 23.1 Å². The van der Waals surface area contributed by atoms with Crippen LogP contribution in [0.1, 0.15) is 47.8 Å². The third-order valence-electron chi connectivity index (χ3n) is 6.65. The van der Waals surface area contributed by atoms with Gasteiger partial charge in [-0.1, -0.05) is 31.0 Å². The summed E-state index contributed by atoms with van der Waals surface area (Å²) < 4.78 is 13.5. The quantitative estimate of drug-likeness (QED) is 0.569. The number of benzene rings is 1. The van der Waals surface area contributed by atoms with Crippen LogP contribution in [-0.4, -0.2) is 52.8 Å². The van der Waals surface area contributed by atoms with Crippen molar-refractivity contribution in [3.63, 3.8) is 0 Å². The molecule has 0 bridgehead atoms. The Kier molecular flexibility index (Phi) is 7.05. The first-order valence-corrected chi connectivity index (χ1v) is 12.5. The molecule has 1 aromatic heterocycles. The van der Waals surface area contributed by atoms with E-state index >= 15 is 0 Å². The van der Waals surface area contributed by atoms with Crippen LogP contribution in [0.25, 0.3) is 0 Å². The molecule has 4 rings (SSSR count). The highest BCUT2D eigenvalue weighted by molar-refractivity contribution is 7.09. The lowest BCUT2D eigenvalue weighted by Gasteiger charge is -2.41. The molecule has 2 aromatic rings. The van der Waals surface area contributed by atoms with Crippen LogP contribution in [0.5, 0.6) is 0 Å². The Morgan fingerprint density at radius 1 is 1.27 bits per heavy atom. The molecule has 9 heteroatoms. The Labute approximate surface area is 201 Å². The monoisotopic (exact) mass is 491 g/mol. The van der Waals surface area contributed by atoms with Crippen molar-refractivity contribution in [1.82, 2.24) is 15.1 Å². The Balaban J connectivity index is 1.44. The molecular formula is C24H27ClFN3O3S. The zero-order valence-corrected chi connectivity index (χ0v) is 20.1. The van der Waals surface area contributed by atoms with E-state index in [1.807, 2.05) is 24.4 Å². The van der Waals surface area contributed by atoms with E-state index in [1.54, 1.807) is 16.2 Å². The Morgan fingerprint density at radius 3 is 2.67 bits per heavy atom. The molecule has 4 amide bonds. The van der Waals surface area contributed by atoms with Crippen LogP contribution in [0.4, 0.5) is 9.18 Å². The summed E-state index contributed by atoms with van der Waals surface area (Å²) >= 11 is 7.45. The summed E-state index contributed by atoms with van der Waals surface area (Å²) in [6, 6.07) is 7.60. The van der Waals surface area contributed by atoms with Gasteiger partial charge in [-0.3, -0.25) is 14.5 Å². The molecule has 2 aliphatic rings. The maximum absolute atomic E-state index is 13.5.